The quantitative estimate of drug-likeness (QED) is 0.716. The maximum Gasteiger partial charge on any atom is 0.251 e. The van der Waals surface area contributed by atoms with Crippen LogP contribution in [0.3, 0.4) is 0 Å². The normalized spacial score (nSPS) is 13.7. The molecule has 4 nitrogen and oxygen atoms in total. The molecule has 0 saturated heterocycles. The van der Waals surface area contributed by atoms with Crippen LogP contribution in [0.25, 0.3) is 0 Å². The summed E-state index contributed by atoms with van der Waals surface area (Å²) in [7, 11) is 1.55. The number of carbonyl (C=O) groups is 1. The van der Waals surface area contributed by atoms with E-state index in [0.717, 1.165) is 0 Å². The fraction of sp³-hybridized carbons (Fsp3) is 0.909. The molecule has 0 aromatic carbocycles. The first-order chi connectivity index (χ1) is 6.87. The number of methoxy groups -OCH3 is 1. The van der Waals surface area contributed by atoms with Gasteiger partial charge in [0.15, 0.2) is 0 Å². The van der Waals surface area contributed by atoms with E-state index in [-0.39, 0.29) is 17.4 Å². The zero-order chi connectivity index (χ0) is 12.1. The van der Waals surface area contributed by atoms with Crippen molar-refractivity contribution >= 4 is 5.91 Å². The van der Waals surface area contributed by atoms with Gasteiger partial charge in [-0.15, -0.1) is 0 Å². The Morgan fingerprint density at radius 2 is 2.07 bits per heavy atom. The summed E-state index contributed by atoms with van der Waals surface area (Å²) in [6, 6.07) is 0. The number of rotatable bonds is 6. The number of hydrogen-bond donors (Lipinski definition) is 1. The minimum atomic E-state index is -0.376. The lowest BCUT2D eigenvalue weighted by atomic mass is 9.93. The molecule has 0 aromatic rings. The van der Waals surface area contributed by atoms with Crippen LogP contribution in [-0.4, -0.2) is 43.7 Å². The minimum absolute atomic E-state index is 0.0292. The molecule has 0 bridgehead atoms. The van der Waals surface area contributed by atoms with Gasteiger partial charge >= 0.3 is 0 Å². The van der Waals surface area contributed by atoms with Crippen LogP contribution in [0.1, 0.15) is 27.7 Å². The van der Waals surface area contributed by atoms with E-state index in [2.05, 4.69) is 13.8 Å². The van der Waals surface area contributed by atoms with Gasteiger partial charge in [0.1, 0.15) is 6.10 Å². The van der Waals surface area contributed by atoms with Gasteiger partial charge in [-0.25, -0.2) is 0 Å². The first kappa shape index (κ1) is 14.4. The molecule has 0 aliphatic carbocycles. The summed E-state index contributed by atoms with van der Waals surface area (Å²) in [6.07, 6.45) is -0.376. The Kier molecular flexibility index (Phi) is 5.83. The van der Waals surface area contributed by atoms with Gasteiger partial charge in [-0.2, -0.15) is 0 Å². The average molecular weight is 216 g/mol. The van der Waals surface area contributed by atoms with Crippen molar-refractivity contribution in [3.8, 4) is 0 Å². The molecule has 90 valence electrons. The van der Waals surface area contributed by atoms with Gasteiger partial charge in [0, 0.05) is 20.2 Å². The molecular weight excluding hydrogens is 192 g/mol. The van der Waals surface area contributed by atoms with E-state index in [0.29, 0.717) is 19.6 Å². The minimum Gasteiger partial charge on any atom is -0.372 e. The molecule has 0 heterocycles. The highest BCUT2D eigenvalue weighted by Gasteiger charge is 2.25. The van der Waals surface area contributed by atoms with Crippen LogP contribution in [0, 0.1) is 5.41 Å². The highest BCUT2D eigenvalue weighted by atomic mass is 16.5. The van der Waals surface area contributed by atoms with Crippen molar-refractivity contribution in [2.24, 2.45) is 11.1 Å². The van der Waals surface area contributed by atoms with E-state index in [1.807, 2.05) is 6.92 Å². The first-order valence-electron chi connectivity index (χ1n) is 5.39. The lowest BCUT2D eigenvalue weighted by Crippen LogP contribution is -2.45. The largest absolute Gasteiger partial charge is 0.372 e. The van der Waals surface area contributed by atoms with E-state index in [4.69, 9.17) is 10.5 Å². The Morgan fingerprint density at radius 3 is 2.40 bits per heavy atom. The summed E-state index contributed by atoms with van der Waals surface area (Å²) in [4.78, 5) is 13.7. The van der Waals surface area contributed by atoms with Crippen LogP contribution in [0.5, 0.6) is 0 Å². The zero-order valence-electron chi connectivity index (χ0n) is 10.5. The van der Waals surface area contributed by atoms with E-state index < -0.39 is 0 Å². The van der Waals surface area contributed by atoms with Crippen LogP contribution in [-0.2, 0) is 9.53 Å². The number of carbonyl (C=O) groups excluding carboxylic acids is 1. The van der Waals surface area contributed by atoms with Gasteiger partial charge < -0.3 is 15.4 Å². The van der Waals surface area contributed by atoms with Gasteiger partial charge in [0.25, 0.3) is 5.91 Å². The smallest absolute Gasteiger partial charge is 0.251 e. The predicted molar refractivity (Wildman–Crippen MR) is 61.6 cm³/mol. The van der Waals surface area contributed by atoms with Crippen molar-refractivity contribution in [2.45, 2.75) is 33.8 Å². The Bertz CT molecular complexity index is 205. The zero-order valence-corrected chi connectivity index (χ0v) is 10.5. The molecule has 15 heavy (non-hydrogen) atoms. The van der Waals surface area contributed by atoms with Crippen LogP contribution in [0.15, 0.2) is 0 Å². The molecule has 0 radical (unpaired) electrons. The second-order valence-electron chi connectivity index (χ2n) is 4.60. The predicted octanol–water partition coefficient (Wildman–Crippen LogP) is 0.855. The number of ether oxygens (including phenoxy) is 1. The van der Waals surface area contributed by atoms with E-state index in [1.54, 1.807) is 18.9 Å². The molecule has 0 spiro atoms. The summed E-state index contributed by atoms with van der Waals surface area (Å²) in [5.41, 5.74) is 5.61. The molecule has 0 aliphatic rings. The highest BCUT2D eigenvalue weighted by molar-refractivity contribution is 5.80. The molecule has 0 fully saturated rings. The number of nitrogens with two attached hydrogens (primary N) is 1. The second-order valence-corrected chi connectivity index (χ2v) is 4.60. The Balaban J connectivity index is 4.43. The van der Waals surface area contributed by atoms with Crippen molar-refractivity contribution in [1.29, 1.82) is 0 Å². The molecule has 0 saturated carbocycles. The fourth-order valence-electron chi connectivity index (χ4n) is 1.28. The summed E-state index contributed by atoms with van der Waals surface area (Å²) >= 11 is 0. The SMILES string of the molecule is CCN(CC(C)(C)CN)C(=O)C(C)OC. The number of nitrogens with zero attached hydrogens (tertiary/aromatic N) is 1. The topological polar surface area (TPSA) is 55.6 Å². The van der Waals surface area contributed by atoms with Crippen molar-refractivity contribution in [2.75, 3.05) is 26.7 Å². The Morgan fingerprint density at radius 1 is 1.53 bits per heavy atom. The van der Waals surface area contributed by atoms with Crippen molar-refractivity contribution in [3.63, 3.8) is 0 Å². The average Bonchev–Trinajstić information content (AvgIpc) is 2.23. The molecule has 1 amide bonds. The Hall–Kier alpha value is -0.610. The third-order valence-corrected chi connectivity index (χ3v) is 2.57. The lowest BCUT2D eigenvalue weighted by Gasteiger charge is -2.32. The van der Waals surface area contributed by atoms with Crippen LogP contribution in [0.4, 0.5) is 0 Å². The Labute approximate surface area is 92.8 Å². The van der Waals surface area contributed by atoms with Gasteiger partial charge in [0.05, 0.1) is 0 Å². The number of hydrogen-bond acceptors (Lipinski definition) is 3. The van der Waals surface area contributed by atoms with Crippen molar-refractivity contribution in [3.05, 3.63) is 0 Å². The van der Waals surface area contributed by atoms with Crippen LogP contribution in [0.2, 0.25) is 0 Å². The van der Waals surface area contributed by atoms with Crippen LogP contribution < -0.4 is 5.73 Å². The molecule has 0 aliphatic heterocycles. The maximum atomic E-state index is 11.9. The van der Waals surface area contributed by atoms with E-state index >= 15 is 0 Å². The second kappa shape index (κ2) is 6.08. The highest BCUT2D eigenvalue weighted by Crippen LogP contribution is 2.15. The third kappa shape index (κ3) is 4.62. The molecule has 2 N–H and O–H groups in total. The fourth-order valence-corrected chi connectivity index (χ4v) is 1.28. The first-order valence-corrected chi connectivity index (χ1v) is 5.39. The third-order valence-electron chi connectivity index (χ3n) is 2.57. The summed E-state index contributed by atoms with van der Waals surface area (Å²) in [5.74, 6) is 0.0292. The molecule has 0 rings (SSSR count). The molecule has 0 aromatic heterocycles. The van der Waals surface area contributed by atoms with Crippen molar-refractivity contribution < 1.29 is 9.53 Å². The molecular formula is C11H24N2O2. The van der Waals surface area contributed by atoms with E-state index in [1.165, 1.54) is 0 Å². The van der Waals surface area contributed by atoms with Gasteiger partial charge in [-0.1, -0.05) is 13.8 Å². The molecule has 1 atom stereocenters. The summed E-state index contributed by atoms with van der Waals surface area (Å²) in [5, 5.41) is 0. The number of likely N-dealkylation sites (N-methyl/N-ethyl adjacent to an activating group) is 1. The molecule has 4 heteroatoms. The van der Waals surface area contributed by atoms with Gasteiger partial charge in [-0.05, 0) is 25.8 Å². The van der Waals surface area contributed by atoms with E-state index in [9.17, 15) is 4.79 Å². The maximum absolute atomic E-state index is 11.9. The van der Waals surface area contributed by atoms with Crippen molar-refractivity contribution in [1.82, 2.24) is 4.90 Å². The van der Waals surface area contributed by atoms with Gasteiger partial charge in [-0.3, -0.25) is 4.79 Å². The van der Waals surface area contributed by atoms with Crippen LogP contribution >= 0.6 is 0 Å². The standard InChI is InChI=1S/C11H24N2O2/c1-6-13(8-11(3,4)7-12)10(14)9(2)15-5/h9H,6-8,12H2,1-5H3. The monoisotopic (exact) mass is 216 g/mol. The summed E-state index contributed by atoms with van der Waals surface area (Å²) < 4.78 is 5.02. The summed E-state index contributed by atoms with van der Waals surface area (Å²) in [6.45, 7) is 9.77. The van der Waals surface area contributed by atoms with Gasteiger partial charge in [0.2, 0.25) is 0 Å². The molecule has 1 unspecified atom stereocenters. The number of amides is 1. The lowest BCUT2D eigenvalue weighted by molar-refractivity contribution is -0.142.